The van der Waals surface area contributed by atoms with Crippen LogP contribution < -0.4 is 4.74 Å². The molecule has 1 aliphatic rings. The lowest BCUT2D eigenvalue weighted by molar-refractivity contribution is -0.274. The highest BCUT2D eigenvalue weighted by Crippen LogP contribution is 2.24. The Morgan fingerprint density at radius 2 is 1.96 bits per heavy atom. The fraction of sp³-hybridized carbons (Fsp3) is 0.364. The smallest absolute Gasteiger partial charge is 0.432 e. The highest BCUT2D eigenvalue weighted by Gasteiger charge is 2.31. The van der Waals surface area contributed by atoms with Gasteiger partial charge in [-0.25, -0.2) is 4.79 Å². The number of hydrogen-bond donors (Lipinski definition) is 1. The molecule has 0 radical (unpaired) electrons. The topological polar surface area (TPSA) is 99.1 Å². The second-order valence-electron chi connectivity index (χ2n) is 3.98. The Bertz CT molecular complexity index is 635. The summed E-state index contributed by atoms with van der Waals surface area (Å²) in [6.45, 7) is 0.509. The molecule has 1 aromatic carbocycles. The number of halogens is 4. The van der Waals surface area contributed by atoms with Crippen molar-refractivity contribution in [3.63, 3.8) is 0 Å². The van der Waals surface area contributed by atoms with Gasteiger partial charge in [-0.2, -0.15) is 8.42 Å². The molecule has 2 rings (SSSR count). The maximum Gasteiger partial charge on any atom is 0.573 e. The number of esters is 1. The zero-order valence-corrected chi connectivity index (χ0v) is 12.7. The van der Waals surface area contributed by atoms with Crippen molar-refractivity contribution >= 4 is 26.0 Å². The fourth-order valence-electron chi connectivity index (χ4n) is 1.31. The summed E-state index contributed by atoms with van der Waals surface area (Å²) in [6.07, 6.45) is -4.81. The van der Waals surface area contributed by atoms with Crippen LogP contribution in [0.2, 0.25) is 0 Å². The first-order valence-corrected chi connectivity index (χ1v) is 8.06. The first-order chi connectivity index (χ1) is 10.4. The van der Waals surface area contributed by atoms with Crippen LogP contribution in [0.5, 0.6) is 5.75 Å². The van der Waals surface area contributed by atoms with Crippen molar-refractivity contribution in [2.24, 2.45) is 0 Å². The van der Waals surface area contributed by atoms with E-state index in [4.69, 9.17) is 22.4 Å². The monoisotopic (exact) mass is 378 g/mol. The largest absolute Gasteiger partial charge is 0.573 e. The third-order valence-electron chi connectivity index (χ3n) is 2.20. The van der Waals surface area contributed by atoms with E-state index in [1.165, 1.54) is 12.1 Å². The molecular weight excluding hydrogens is 369 g/mol. The van der Waals surface area contributed by atoms with E-state index in [1.807, 2.05) is 0 Å². The lowest BCUT2D eigenvalue weighted by Gasteiger charge is -2.25. The van der Waals surface area contributed by atoms with Crippen LogP contribution in [0.4, 0.5) is 13.2 Å². The number of benzene rings is 1. The van der Waals surface area contributed by atoms with Crippen molar-refractivity contribution in [3.8, 4) is 5.75 Å². The summed E-state index contributed by atoms with van der Waals surface area (Å²) in [6, 6.07) is 4.68. The van der Waals surface area contributed by atoms with Gasteiger partial charge in [-0.05, 0) is 18.2 Å². The molecular formula is C11H10ClF3O7S. The van der Waals surface area contributed by atoms with Crippen LogP contribution >= 0.6 is 10.7 Å². The SMILES string of the molecule is O=C(OC1CCO1)c1cccc(OC(F)(F)F)c1.O=S(=O)(O)Cl. The van der Waals surface area contributed by atoms with Crippen LogP contribution in [0.15, 0.2) is 24.3 Å². The molecule has 1 saturated heterocycles. The third-order valence-corrected chi connectivity index (χ3v) is 2.20. The van der Waals surface area contributed by atoms with Gasteiger partial charge in [0.05, 0.1) is 12.2 Å². The van der Waals surface area contributed by atoms with Crippen LogP contribution in [-0.2, 0) is 18.8 Å². The summed E-state index contributed by atoms with van der Waals surface area (Å²) in [4.78, 5) is 11.5. The maximum atomic E-state index is 12.0. The number of rotatable bonds is 3. The standard InChI is InChI=1S/C11H9F3O4.ClHO3S/c12-11(13,14)18-8-3-1-2-7(6-8)10(15)17-9-4-5-16-9;1-5(2,3)4/h1-3,6,9H,4-5H2;(H,2,3,4). The van der Waals surface area contributed by atoms with Gasteiger partial charge in [-0.15, -0.1) is 13.2 Å². The quantitative estimate of drug-likeness (QED) is 0.490. The Morgan fingerprint density at radius 3 is 2.39 bits per heavy atom. The summed E-state index contributed by atoms with van der Waals surface area (Å²) in [5, 5.41) is 0. The predicted octanol–water partition coefficient (Wildman–Crippen LogP) is 2.52. The molecule has 1 unspecified atom stereocenters. The Labute approximate surface area is 133 Å². The van der Waals surface area contributed by atoms with Crippen molar-refractivity contribution in [2.45, 2.75) is 19.1 Å². The molecule has 1 N–H and O–H groups in total. The third kappa shape index (κ3) is 9.23. The van der Waals surface area contributed by atoms with Crippen molar-refractivity contribution < 1.29 is 45.1 Å². The summed E-state index contributed by atoms with van der Waals surface area (Å²) in [5.41, 5.74) is -0.0211. The Kier molecular flexibility index (Phi) is 6.62. The summed E-state index contributed by atoms with van der Waals surface area (Å²) in [7, 11) is -0.137. The molecule has 1 fully saturated rings. The average molecular weight is 379 g/mol. The van der Waals surface area contributed by atoms with E-state index in [0.29, 0.717) is 13.0 Å². The zero-order valence-electron chi connectivity index (χ0n) is 11.1. The van der Waals surface area contributed by atoms with Crippen molar-refractivity contribution in [1.82, 2.24) is 0 Å². The second kappa shape index (κ2) is 7.81. The molecule has 130 valence electrons. The van der Waals surface area contributed by atoms with Crippen LogP contribution in [-0.4, -0.2) is 38.2 Å². The molecule has 0 saturated carbocycles. The highest BCUT2D eigenvalue weighted by molar-refractivity contribution is 8.09. The fourth-order valence-corrected chi connectivity index (χ4v) is 1.31. The van der Waals surface area contributed by atoms with Crippen molar-refractivity contribution in [2.75, 3.05) is 6.61 Å². The predicted molar refractivity (Wildman–Crippen MR) is 70.3 cm³/mol. The van der Waals surface area contributed by atoms with Crippen molar-refractivity contribution in [1.29, 1.82) is 0 Å². The lowest BCUT2D eigenvalue weighted by atomic mass is 10.2. The van der Waals surface area contributed by atoms with Gasteiger partial charge in [0.15, 0.2) is 0 Å². The zero-order chi connectivity index (χ0) is 17.7. The van der Waals surface area contributed by atoms with E-state index in [0.717, 1.165) is 12.1 Å². The van der Waals surface area contributed by atoms with Gasteiger partial charge in [0.2, 0.25) is 6.29 Å². The van der Waals surface area contributed by atoms with Crippen molar-refractivity contribution in [3.05, 3.63) is 29.8 Å². The van der Waals surface area contributed by atoms with Gasteiger partial charge in [-0.3, -0.25) is 4.55 Å². The summed E-state index contributed by atoms with van der Waals surface area (Å²) in [5.74, 6) is -1.21. The van der Waals surface area contributed by atoms with Gasteiger partial charge >= 0.3 is 21.7 Å². The van der Waals surface area contributed by atoms with Gasteiger partial charge in [0.25, 0.3) is 0 Å². The molecule has 12 heteroatoms. The molecule has 1 aliphatic heterocycles. The molecule has 23 heavy (non-hydrogen) atoms. The van der Waals surface area contributed by atoms with Crippen LogP contribution in [0.1, 0.15) is 16.8 Å². The highest BCUT2D eigenvalue weighted by atomic mass is 35.7. The van der Waals surface area contributed by atoms with Gasteiger partial charge in [0.1, 0.15) is 5.75 Å². The maximum absolute atomic E-state index is 12.0. The molecule has 0 amide bonds. The van der Waals surface area contributed by atoms with E-state index < -0.39 is 33.7 Å². The number of alkyl halides is 3. The molecule has 1 heterocycles. The molecule has 0 spiro atoms. The van der Waals surface area contributed by atoms with Crippen LogP contribution in [0.25, 0.3) is 0 Å². The van der Waals surface area contributed by atoms with Gasteiger partial charge < -0.3 is 14.2 Å². The van der Waals surface area contributed by atoms with E-state index in [9.17, 15) is 18.0 Å². The van der Waals surface area contributed by atoms with Gasteiger partial charge in [-0.1, -0.05) is 6.07 Å². The van der Waals surface area contributed by atoms with E-state index in [-0.39, 0.29) is 5.56 Å². The summed E-state index contributed by atoms with van der Waals surface area (Å²) >= 11 is 0. The minimum Gasteiger partial charge on any atom is -0.432 e. The van der Waals surface area contributed by atoms with Crippen LogP contribution in [0, 0.1) is 0 Å². The lowest BCUT2D eigenvalue weighted by Crippen LogP contribution is -2.31. The number of carbonyl (C=O) groups is 1. The molecule has 0 aromatic heterocycles. The summed E-state index contributed by atoms with van der Waals surface area (Å²) < 4.78 is 74.6. The minimum atomic E-state index is -4.79. The van der Waals surface area contributed by atoms with E-state index in [1.54, 1.807) is 0 Å². The normalized spacial score (nSPS) is 17.3. The molecule has 0 aliphatic carbocycles. The first kappa shape index (κ1) is 19.5. The van der Waals surface area contributed by atoms with E-state index in [2.05, 4.69) is 15.4 Å². The molecule has 1 atom stereocenters. The number of ether oxygens (including phenoxy) is 3. The number of carbonyl (C=O) groups excluding carboxylic acids is 1. The average Bonchev–Trinajstić information content (AvgIpc) is 2.29. The first-order valence-electron chi connectivity index (χ1n) is 5.79. The Balaban J connectivity index is 0.000000463. The molecule has 7 nitrogen and oxygen atoms in total. The van der Waals surface area contributed by atoms with Gasteiger partial charge in [0, 0.05) is 17.1 Å². The second-order valence-corrected chi connectivity index (χ2v) is 5.98. The minimum absolute atomic E-state index is 0.0211. The number of hydrogen-bond acceptors (Lipinski definition) is 6. The Hall–Kier alpha value is -1.56. The van der Waals surface area contributed by atoms with E-state index >= 15 is 0 Å². The molecule has 1 aromatic rings. The Morgan fingerprint density at radius 1 is 1.39 bits per heavy atom. The van der Waals surface area contributed by atoms with Crippen LogP contribution in [0.3, 0.4) is 0 Å². The molecule has 0 bridgehead atoms.